The van der Waals surface area contributed by atoms with E-state index >= 15 is 0 Å². The molecular weight excluding hydrogens is 269 g/mol. The van der Waals surface area contributed by atoms with E-state index < -0.39 is 21.8 Å². The molecule has 0 saturated carbocycles. The molecule has 1 rings (SSSR count). The zero-order valence-electron chi connectivity index (χ0n) is 9.25. The van der Waals surface area contributed by atoms with Crippen molar-refractivity contribution < 1.29 is 21.6 Å². The van der Waals surface area contributed by atoms with Crippen molar-refractivity contribution in [2.24, 2.45) is 0 Å². The maximum atomic E-state index is 12.4. The first-order valence-corrected chi connectivity index (χ1v) is 6.46. The maximum absolute atomic E-state index is 12.4. The Morgan fingerprint density at radius 1 is 1.39 bits per heavy atom. The van der Waals surface area contributed by atoms with Crippen LogP contribution in [0.4, 0.5) is 18.9 Å². The molecule has 0 radical (unpaired) electrons. The zero-order valence-corrected chi connectivity index (χ0v) is 10.1. The fraction of sp³-hybridized carbons (Fsp3) is 0.300. The van der Waals surface area contributed by atoms with Gasteiger partial charge in [0.05, 0.1) is 22.6 Å². The van der Waals surface area contributed by atoms with Gasteiger partial charge in [-0.1, -0.05) is 0 Å². The van der Waals surface area contributed by atoms with E-state index in [4.69, 9.17) is 5.26 Å². The van der Waals surface area contributed by atoms with Gasteiger partial charge in [0.25, 0.3) is 0 Å². The van der Waals surface area contributed by atoms with Gasteiger partial charge in [0, 0.05) is 0 Å². The minimum absolute atomic E-state index is 0.160. The molecule has 0 fully saturated rings. The second kappa shape index (κ2) is 4.86. The Bertz CT molecular complexity index is 588. The minimum atomic E-state index is -4.58. The van der Waals surface area contributed by atoms with Gasteiger partial charge in [-0.2, -0.15) is 18.4 Å². The number of hydrogen-bond acceptors (Lipinski definition) is 3. The molecule has 0 aliphatic heterocycles. The fourth-order valence-corrected chi connectivity index (χ4v) is 1.80. The molecule has 1 aromatic rings. The van der Waals surface area contributed by atoms with Gasteiger partial charge < -0.3 is 0 Å². The Balaban J connectivity index is 3.22. The van der Waals surface area contributed by atoms with Crippen LogP contribution in [0.3, 0.4) is 0 Å². The first kappa shape index (κ1) is 14.3. The average Bonchev–Trinajstić information content (AvgIpc) is 2.27. The van der Waals surface area contributed by atoms with Crippen LogP contribution in [0.25, 0.3) is 0 Å². The number of nitriles is 1. The summed E-state index contributed by atoms with van der Waals surface area (Å²) in [5.41, 5.74) is -1.53. The number of hydrogen-bond donors (Lipinski definition) is 1. The number of nitrogens with one attached hydrogen (secondary N) is 1. The van der Waals surface area contributed by atoms with E-state index in [9.17, 15) is 21.6 Å². The molecule has 4 nitrogen and oxygen atoms in total. The van der Waals surface area contributed by atoms with Crippen LogP contribution in [0.1, 0.15) is 18.1 Å². The fourth-order valence-electron chi connectivity index (χ4n) is 1.14. The highest BCUT2D eigenvalue weighted by atomic mass is 32.2. The third-order valence-corrected chi connectivity index (χ3v) is 3.40. The SMILES string of the molecule is CCS(=O)(=O)Nc1ccc(C(F)(F)F)cc1C#N. The van der Waals surface area contributed by atoms with Crippen LogP contribution in [0, 0.1) is 11.3 Å². The van der Waals surface area contributed by atoms with Crippen molar-refractivity contribution in [3.8, 4) is 6.07 Å². The van der Waals surface area contributed by atoms with Gasteiger partial charge >= 0.3 is 6.18 Å². The first-order valence-electron chi connectivity index (χ1n) is 4.81. The summed E-state index contributed by atoms with van der Waals surface area (Å²) < 4.78 is 61.8. The molecular formula is C10H9F3N2O2S. The molecule has 0 aliphatic carbocycles. The Labute approximate surface area is 102 Å². The van der Waals surface area contributed by atoms with Crippen molar-refractivity contribution in [1.82, 2.24) is 0 Å². The number of rotatable bonds is 3. The highest BCUT2D eigenvalue weighted by Gasteiger charge is 2.31. The van der Waals surface area contributed by atoms with Crippen molar-refractivity contribution >= 4 is 15.7 Å². The van der Waals surface area contributed by atoms with Crippen LogP contribution in [0.15, 0.2) is 18.2 Å². The molecule has 1 aromatic carbocycles. The summed E-state index contributed by atoms with van der Waals surface area (Å²) in [5.74, 6) is -0.237. The van der Waals surface area contributed by atoms with E-state index in [1.807, 2.05) is 4.72 Å². The highest BCUT2D eigenvalue weighted by molar-refractivity contribution is 7.92. The molecule has 1 N–H and O–H groups in total. The van der Waals surface area contributed by atoms with Gasteiger partial charge in [0.1, 0.15) is 6.07 Å². The van der Waals surface area contributed by atoms with Gasteiger partial charge in [-0.25, -0.2) is 8.42 Å². The molecule has 0 atom stereocenters. The molecule has 0 unspecified atom stereocenters. The number of sulfonamides is 1. The smallest absolute Gasteiger partial charge is 0.282 e. The van der Waals surface area contributed by atoms with Gasteiger partial charge in [0.15, 0.2) is 0 Å². The normalized spacial score (nSPS) is 11.9. The Kier molecular flexibility index (Phi) is 3.86. The Morgan fingerprint density at radius 2 is 2.00 bits per heavy atom. The largest absolute Gasteiger partial charge is 0.416 e. The second-order valence-corrected chi connectivity index (χ2v) is 5.39. The van der Waals surface area contributed by atoms with Gasteiger partial charge in [-0.15, -0.1) is 0 Å². The standard InChI is InChI=1S/C10H9F3N2O2S/c1-2-18(16,17)15-9-4-3-8(10(11,12)13)5-7(9)6-14/h3-5,15H,2H2,1H3. The lowest BCUT2D eigenvalue weighted by atomic mass is 10.1. The quantitative estimate of drug-likeness (QED) is 0.922. The van der Waals surface area contributed by atoms with E-state index in [2.05, 4.69) is 0 Å². The van der Waals surface area contributed by atoms with Crippen LogP contribution in [0.5, 0.6) is 0 Å². The Hall–Kier alpha value is -1.75. The molecule has 8 heteroatoms. The van der Waals surface area contributed by atoms with Crippen LogP contribution in [0.2, 0.25) is 0 Å². The molecule has 0 aliphatic rings. The maximum Gasteiger partial charge on any atom is 0.416 e. The van der Waals surface area contributed by atoms with Crippen molar-refractivity contribution in [2.75, 3.05) is 10.5 Å². The zero-order chi connectivity index (χ0) is 14.0. The molecule has 0 bridgehead atoms. The van der Waals surface area contributed by atoms with Crippen molar-refractivity contribution in [2.45, 2.75) is 13.1 Å². The van der Waals surface area contributed by atoms with Crippen molar-refractivity contribution in [3.05, 3.63) is 29.3 Å². The first-order chi connectivity index (χ1) is 8.19. The monoisotopic (exact) mass is 278 g/mol. The summed E-state index contributed by atoms with van der Waals surface area (Å²) in [6, 6.07) is 3.77. The van der Waals surface area contributed by atoms with Crippen LogP contribution >= 0.6 is 0 Å². The van der Waals surface area contributed by atoms with Crippen molar-refractivity contribution in [1.29, 1.82) is 5.26 Å². The summed E-state index contributed by atoms with van der Waals surface area (Å²) in [6.45, 7) is 1.37. The second-order valence-electron chi connectivity index (χ2n) is 3.38. The number of benzene rings is 1. The van der Waals surface area contributed by atoms with Crippen molar-refractivity contribution in [3.63, 3.8) is 0 Å². The third-order valence-electron chi connectivity index (χ3n) is 2.11. The number of anilines is 1. The molecule has 0 spiro atoms. The molecule has 18 heavy (non-hydrogen) atoms. The molecule has 0 aromatic heterocycles. The molecule has 0 saturated heterocycles. The van der Waals surface area contributed by atoms with Gasteiger partial charge in [0.2, 0.25) is 10.0 Å². The molecule has 98 valence electrons. The number of alkyl halides is 3. The highest BCUT2D eigenvalue weighted by Crippen LogP contribution is 2.31. The van der Waals surface area contributed by atoms with E-state index in [0.29, 0.717) is 12.1 Å². The lowest BCUT2D eigenvalue weighted by molar-refractivity contribution is -0.137. The van der Waals surface area contributed by atoms with E-state index in [-0.39, 0.29) is 17.0 Å². The summed E-state index contributed by atoms with van der Waals surface area (Å²) >= 11 is 0. The average molecular weight is 278 g/mol. The Morgan fingerprint density at radius 3 is 2.44 bits per heavy atom. The van der Waals surface area contributed by atoms with Gasteiger partial charge in [-0.05, 0) is 25.1 Å². The third kappa shape index (κ3) is 3.37. The predicted octanol–water partition coefficient (Wildman–Crippen LogP) is 2.34. The van der Waals surface area contributed by atoms with E-state index in [1.165, 1.54) is 13.0 Å². The number of halogens is 3. The minimum Gasteiger partial charge on any atom is -0.282 e. The number of nitrogens with zero attached hydrogens (tertiary/aromatic N) is 1. The summed E-state index contributed by atoms with van der Waals surface area (Å²) in [7, 11) is -3.64. The van der Waals surface area contributed by atoms with E-state index in [0.717, 1.165) is 6.07 Å². The van der Waals surface area contributed by atoms with E-state index in [1.54, 1.807) is 0 Å². The lowest BCUT2D eigenvalue weighted by Crippen LogP contribution is -2.16. The molecule has 0 amide bonds. The summed E-state index contributed by atoms with van der Waals surface area (Å²) in [5, 5.41) is 8.73. The summed E-state index contributed by atoms with van der Waals surface area (Å²) in [4.78, 5) is 0. The van der Waals surface area contributed by atoms with Crippen LogP contribution < -0.4 is 4.72 Å². The predicted molar refractivity (Wildman–Crippen MR) is 59.2 cm³/mol. The summed E-state index contributed by atoms with van der Waals surface area (Å²) in [6.07, 6.45) is -4.58. The topological polar surface area (TPSA) is 70.0 Å². The van der Waals surface area contributed by atoms with Crippen LogP contribution in [-0.4, -0.2) is 14.2 Å². The van der Waals surface area contributed by atoms with Crippen LogP contribution in [-0.2, 0) is 16.2 Å². The molecule has 0 heterocycles. The van der Waals surface area contributed by atoms with Gasteiger partial charge in [-0.3, -0.25) is 4.72 Å². The lowest BCUT2D eigenvalue weighted by Gasteiger charge is -2.11.